The van der Waals surface area contributed by atoms with Crippen LogP contribution in [0, 0.1) is 11.8 Å². The van der Waals surface area contributed by atoms with Gasteiger partial charge in [0.1, 0.15) is 6.10 Å². The van der Waals surface area contributed by atoms with E-state index < -0.39 is 11.6 Å². The summed E-state index contributed by atoms with van der Waals surface area (Å²) < 4.78 is 7.12. The third-order valence-corrected chi connectivity index (χ3v) is 9.22. The summed E-state index contributed by atoms with van der Waals surface area (Å²) in [5.41, 5.74) is -1.71. The van der Waals surface area contributed by atoms with Crippen molar-refractivity contribution in [3.05, 3.63) is 44.8 Å². The van der Waals surface area contributed by atoms with Crippen molar-refractivity contribution in [1.82, 2.24) is 4.90 Å². The molecule has 32 heavy (non-hydrogen) atoms. The van der Waals surface area contributed by atoms with Crippen LogP contribution in [0.15, 0.2) is 35.0 Å². The summed E-state index contributed by atoms with van der Waals surface area (Å²) in [6.07, 6.45) is 4.31. The van der Waals surface area contributed by atoms with Crippen LogP contribution in [0.2, 0.25) is 0 Å². The second-order valence-electron chi connectivity index (χ2n) is 10.00. The van der Waals surface area contributed by atoms with E-state index in [0.29, 0.717) is 27.6 Å². The molecule has 0 radical (unpaired) electrons. The molecule has 2 heterocycles. The van der Waals surface area contributed by atoms with Gasteiger partial charge in [-0.05, 0) is 56.3 Å². The van der Waals surface area contributed by atoms with Gasteiger partial charge in [0.15, 0.2) is 0 Å². The van der Waals surface area contributed by atoms with Crippen molar-refractivity contribution in [1.29, 1.82) is 0 Å². The van der Waals surface area contributed by atoms with Gasteiger partial charge in [0, 0.05) is 24.8 Å². The molecule has 0 amide bonds. The van der Waals surface area contributed by atoms with Gasteiger partial charge in [0.2, 0.25) is 5.60 Å². The first-order valence-corrected chi connectivity index (χ1v) is 13.0. The number of carbonyl (C=O) groups excluding carboxylic acids is 1. The minimum absolute atomic E-state index is 0. The van der Waals surface area contributed by atoms with Crippen LogP contribution >= 0.6 is 22.7 Å². The van der Waals surface area contributed by atoms with E-state index in [0.717, 1.165) is 36.8 Å². The predicted molar refractivity (Wildman–Crippen MR) is 126 cm³/mol. The van der Waals surface area contributed by atoms with Gasteiger partial charge in [0.05, 0.1) is 36.4 Å². The fourth-order valence-electron chi connectivity index (χ4n) is 5.92. The van der Waals surface area contributed by atoms with E-state index in [1.54, 1.807) is 0 Å². The highest BCUT2D eigenvalue weighted by atomic mass is 79.9. The number of halogens is 1. The molecule has 2 aromatic heterocycles. The van der Waals surface area contributed by atoms with Gasteiger partial charge in [-0.1, -0.05) is 12.1 Å². The molecule has 0 aromatic carbocycles. The van der Waals surface area contributed by atoms with E-state index in [1.807, 2.05) is 35.0 Å². The fraction of sp³-hybridized carbons (Fsp3) is 0.625. The monoisotopic (exact) mass is 542 g/mol. The number of nitrogens with zero attached hydrogens (tertiary/aromatic N) is 2. The summed E-state index contributed by atoms with van der Waals surface area (Å²) in [6.45, 7) is 2.22. The van der Waals surface area contributed by atoms with Gasteiger partial charge in [0.25, 0.3) is 0 Å². The number of hydrogen-bond acceptors (Lipinski definition) is 6. The second-order valence-corrected chi connectivity index (χ2v) is 11.9. The highest BCUT2D eigenvalue weighted by Crippen LogP contribution is 2.51. The molecule has 4 atom stereocenters. The van der Waals surface area contributed by atoms with Crippen molar-refractivity contribution in [2.75, 3.05) is 41.3 Å². The molecule has 2 fully saturated rings. The molecule has 8 heteroatoms. The first-order valence-electron chi connectivity index (χ1n) is 11.2. The number of carbonyl (C=O) groups is 1. The molecule has 4 rings (SSSR count). The molecule has 0 spiro atoms. The van der Waals surface area contributed by atoms with Crippen molar-refractivity contribution in [2.45, 2.75) is 43.4 Å². The standard InChI is InChI=1S/C24H35N2O3S2.BrH/c1-25(2)12-7-13-26(3,4)22-17-10-11-18(22)19(16-17)29-23(27)24(28,20-8-5-14-30-20)21-9-6-15-31-21;/h5-6,8-9,14-15,17-19,22,28H,7,10-13,16H2,1-4H3;1H/q+1;/p-1/t17?,18-,19-,22?;/m1./s1. The van der Waals surface area contributed by atoms with Gasteiger partial charge in [-0.15, -0.1) is 22.7 Å². The Hall–Kier alpha value is -0.770. The summed E-state index contributed by atoms with van der Waals surface area (Å²) in [5.74, 6) is 0.444. The molecule has 5 nitrogen and oxygen atoms in total. The summed E-state index contributed by atoms with van der Waals surface area (Å²) in [4.78, 5) is 16.9. The maximum absolute atomic E-state index is 13.4. The zero-order chi connectivity index (χ0) is 22.2. The molecule has 2 bridgehead atoms. The third-order valence-electron chi connectivity index (χ3n) is 7.26. The van der Waals surface area contributed by atoms with Crippen LogP contribution in [0.25, 0.3) is 0 Å². The molecule has 2 aliphatic rings. The van der Waals surface area contributed by atoms with Gasteiger partial charge in [-0.25, -0.2) is 4.79 Å². The zero-order valence-corrected chi connectivity index (χ0v) is 22.6. The van der Waals surface area contributed by atoms with Crippen LogP contribution in [-0.2, 0) is 15.1 Å². The van der Waals surface area contributed by atoms with Gasteiger partial charge in [-0.3, -0.25) is 0 Å². The fourth-order valence-corrected chi connectivity index (χ4v) is 7.63. The Morgan fingerprint density at radius 3 is 2.34 bits per heavy atom. The van der Waals surface area contributed by atoms with Gasteiger partial charge < -0.3 is 36.2 Å². The maximum Gasteiger partial charge on any atom is 0.349 e. The van der Waals surface area contributed by atoms with E-state index in [2.05, 4.69) is 33.1 Å². The molecule has 0 saturated heterocycles. The summed E-state index contributed by atoms with van der Waals surface area (Å²) in [7, 11) is 8.92. The number of ether oxygens (including phenoxy) is 1. The van der Waals surface area contributed by atoms with E-state index in [9.17, 15) is 9.90 Å². The number of rotatable bonds is 9. The Morgan fingerprint density at radius 2 is 1.81 bits per heavy atom. The average Bonchev–Trinajstić information content (AvgIpc) is 3.51. The molecule has 178 valence electrons. The highest BCUT2D eigenvalue weighted by molar-refractivity contribution is 7.12. The van der Waals surface area contributed by atoms with Crippen LogP contribution in [0.1, 0.15) is 35.4 Å². The van der Waals surface area contributed by atoms with Crippen LogP contribution in [0.3, 0.4) is 0 Å². The minimum atomic E-state index is -1.71. The Labute approximate surface area is 210 Å². The Kier molecular flexibility index (Phi) is 8.27. The van der Waals surface area contributed by atoms with E-state index in [4.69, 9.17) is 4.74 Å². The third kappa shape index (κ3) is 4.86. The molecule has 0 aliphatic heterocycles. The van der Waals surface area contributed by atoms with Crippen LogP contribution in [0.4, 0.5) is 0 Å². The Morgan fingerprint density at radius 1 is 1.19 bits per heavy atom. The summed E-state index contributed by atoms with van der Waals surface area (Å²) >= 11 is 2.79. The molecular formula is C24H35BrN2O3S2. The number of thiophene rings is 2. The number of hydrogen-bond donors (Lipinski definition) is 1. The first kappa shape index (κ1) is 25.8. The second kappa shape index (κ2) is 10.2. The minimum Gasteiger partial charge on any atom is -1.00 e. The lowest BCUT2D eigenvalue weighted by molar-refractivity contribution is -0.919. The number of esters is 1. The van der Waals surface area contributed by atoms with E-state index >= 15 is 0 Å². The van der Waals surface area contributed by atoms with Gasteiger partial charge >= 0.3 is 5.97 Å². The maximum atomic E-state index is 13.4. The zero-order valence-electron chi connectivity index (χ0n) is 19.4. The lowest BCUT2D eigenvalue weighted by atomic mass is 9.96. The van der Waals surface area contributed by atoms with Crippen LogP contribution in [-0.4, -0.2) is 73.9 Å². The van der Waals surface area contributed by atoms with Crippen molar-refractivity contribution >= 4 is 28.6 Å². The number of quaternary nitrogens is 1. The lowest BCUT2D eigenvalue weighted by Crippen LogP contribution is -3.00. The largest absolute Gasteiger partial charge is 1.00 e. The summed E-state index contributed by atoms with van der Waals surface area (Å²) in [6, 6.07) is 7.90. The SMILES string of the molecule is CN(C)CCC[N+](C)(C)C1C2CC[C@@H]1[C@H](OC(=O)C(O)(c1cccs1)c1cccs1)C2.[Br-]. The molecule has 2 aliphatic carbocycles. The van der Waals surface area contributed by atoms with Crippen molar-refractivity contribution < 1.29 is 36.1 Å². The molecule has 2 saturated carbocycles. The van der Waals surface area contributed by atoms with E-state index in [-0.39, 0.29) is 23.1 Å². The van der Waals surface area contributed by atoms with Crippen LogP contribution < -0.4 is 17.0 Å². The van der Waals surface area contributed by atoms with Gasteiger partial charge in [-0.2, -0.15) is 0 Å². The quantitative estimate of drug-likeness (QED) is 0.376. The highest BCUT2D eigenvalue weighted by Gasteiger charge is 2.58. The smallest absolute Gasteiger partial charge is 0.349 e. The average molecular weight is 544 g/mol. The number of aliphatic hydroxyl groups is 1. The van der Waals surface area contributed by atoms with Crippen LogP contribution in [0.5, 0.6) is 0 Å². The van der Waals surface area contributed by atoms with Crippen molar-refractivity contribution in [3.8, 4) is 0 Å². The molecular weight excluding hydrogens is 508 g/mol. The Bertz CT molecular complexity index is 836. The summed E-state index contributed by atoms with van der Waals surface area (Å²) in [5, 5.41) is 15.3. The molecule has 2 aromatic rings. The van der Waals surface area contributed by atoms with E-state index in [1.165, 1.54) is 29.1 Å². The van der Waals surface area contributed by atoms with Crippen molar-refractivity contribution in [2.24, 2.45) is 11.8 Å². The normalized spacial score (nSPS) is 25.2. The predicted octanol–water partition coefficient (Wildman–Crippen LogP) is 0.788. The van der Waals surface area contributed by atoms with Crippen molar-refractivity contribution in [3.63, 3.8) is 0 Å². The molecule has 1 N–H and O–H groups in total. The first-order chi connectivity index (χ1) is 14.7. The lowest BCUT2D eigenvalue weighted by Gasteiger charge is -2.39. The Balaban J connectivity index is 0.00000289. The molecule has 2 unspecified atom stereocenters. The topological polar surface area (TPSA) is 49.8 Å². The number of fused-ring (bicyclic) bond motifs is 2.